The molecule has 0 saturated carbocycles. The van der Waals surface area contributed by atoms with Gasteiger partial charge in [-0.25, -0.2) is 0 Å². The van der Waals surface area contributed by atoms with E-state index in [0.717, 1.165) is 60.3 Å². The summed E-state index contributed by atoms with van der Waals surface area (Å²) in [5.41, 5.74) is 3.80. The average Bonchev–Trinajstić information content (AvgIpc) is 2.75. The van der Waals surface area contributed by atoms with Gasteiger partial charge in [-0.1, -0.05) is 30.7 Å². The van der Waals surface area contributed by atoms with Crippen LogP contribution in [0.15, 0.2) is 54.7 Å². The van der Waals surface area contributed by atoms with Gasteiger partial charge in [0.25, 0.3) is 0 Å². The Labute approximate surface area is 187 Å². The van der Waals surface area contributed by atoms with Crippen LogP contribution in [-0.2, 0) is 11.2 Å². The molecule has 31 heavy (non-hydrogen) atoms. The minimum atomic E-state index is 0. The number of fused-ring (bicyclic) bond motifs is 1. The molecule has 1 aromatic heterocycles. The van der Waals surface area contributed by atoms with E-state index < -0.39 is 0 Å². The molecule has 164 valence electrons. The first kappa shape index (κ1) is 23.0. The maximum atomic E-state index is 12.5. The van der Waals surface area contributed by atoms with Crippen LogP contribution in [0.25, 0.3) is 10.9 Å². The minimum Gasteiger partial charge on any atom is -0.412 e. The second-order valence-corrected chi connectivity index (χ2v) is 8.26. The molecule has 1 aliphatic rings. The van der Waals surface area contributed by atoms with Gasteiger partial charge >= 0.3 is 0 Å². The predicted octanol–water partition coefficient (Wildman–Crippen LogP) is 3.95. The molecule has 4 N–H and O–H groups in total. The molecule has 1 aliphatic heterocycles. The Balaban J connectivity index is 0.00000272. The molecule has 0 bridgehead atoms. The number of nitrogens with one attached hydrogen (secondary N) is 2. The van der Waals surface area contributed by atoms with Crippen molar-refractivity contribution in [3.8, 4) is 0 Å². The number of aromatic nitrogens is 1. The van der Waals surface area contributed by atoms with E-state index in [1.807, 2.05) is 48.5 Å². The highest BCUT2D eigenvalue weighted by Crippen LogP contribution is 2.27. The molecule has 2 heterocycles. The van der Waals surface area contributed by atoms with Crippen molar-refractivity contribution in [1.29, 1.82) is 0 Å². The van der Waals surface area contributed by atoms with Gasteiger partial charge in [0.05, 0.1) is 11.9 Å². The summed E-state index contributed by atoms with van der Waals surface area (Å²) in [7, 11) is 0. The second-order valence-electron chi connectivity index (χ2n) is 7.82. The molecule has 1 atom stereocenters. The molecule has 6 nitrogen and oxygen atoms in total. The zero-order valence-electron chi connectivity index (χ0n) is 17.7. The average molecular weight is 441 g/mol. The Morgan fingerprint density at radius 1 is 1.19 bits per heavy atom. The number of anilines is 2. The van der Waals surface area contributed by atoms with E-state index in [1.165, 1.54) is 0 Å². The van der Waals surface area contributed by atoms with E-state index in [2.05, 4.69) is 27.4 Å². The van der Waals surface area contributed by atoms with Gasteiger partial charge in [0.1, 0.15) is 0 Å². The molecule has 3 aromatic rings. The highest BCUT2D eigenvalue weighted by Gasteiger charge is 2.20. The lowest BCUT2D eigenvalue weighted by molar-refractivity contribution is -0.121. The van der Waals surface area contributed by atoms with Crippen LogP contribution in [-0.4, -0.2) is 46.9 Å². The first-order valence-electron chi connectivity index (χ1n) is 10.5. The molecule has 1 fully saturated rings. The summed E-state index contributed by atoms with van der Waals surface area (Å²) in [6.07, 6.45) is 4.38. The van der Waals surface area contributed by atoms with E-state index in [1.54, 1.807) is 6.20 Å². The maximum Gasteiger partial charge on any atom is 0.224 e. The third-order valence-electron chi connectivity index (χ3n) is 5.62. The zero-order chi connectivity index (χ0) is 20.9. The topological polar surface area (TPSA) is 88.8 Å². The number of carbonyl (C=O) groups is 1. The molecule has 4 rings (SSSR count). The smallest absolute Gasteiger partial charge is 0.224 e. The normalized spacial score (nSPS) is 16.5. The van der Waals surface area contributed by atoms with Crippen molar-refractivity contribution < 1.29 is 10.3 Å². The van der Waals surface area contributed by atoms with Crippen LogP contribution in [0.1, 0.15) is 25.3 Å². The molecule has 0 aliphatic carbocycles. The molecule has 0 radical (unpaired) electrons. The maximum absolute atomic E-state index is 12.5. The molecule has 7 heteroatoms. The summed E-state index contributed by atoms with van der Waals surface area (Å²) in [5.74, 6) is 0.0932. The number of piperidine rings is 1. The summed E-state index contributed by atoms with van der Waals surface area (Å²) >= 11 is 6.07. The lowest BCUT2D eigenvalue weighted by Gasteiger charge is -2.32. The SMILES string of the molecule is CCN1CCCC(NC(=O)Cc2ccc(Nc3ccnc4cc(Cl)ccc34)cc2)C1.O. The van der Waals surface area contributed by atoms with Crippen molar-refractivity contribution in [3.05, 3.63) is 65.3 Å². The van der Waals surface area contributed by atoms with Gasteiger partial charge in [-0.2, -0.15) is 0 Å². The number of likely N-dealkylation sites (tertiary alicyclic amines) is 1. The highest BCUT2D eigenvalue weighted by molar-refractivity contribution is 6.31. The predicted molar refractivity (Wildman–Crippen MR) is 127 cm³/mol. The molecule has 1 unspecified atom stereocenters. The van der Waals surface area contributed by atoms with Crippen molar-refractivity contribution in [1.82, 2.24) is 15.2 Å². The van der Waals surface area contributed by atoms with Crippen LogP contribution >= 0.6 is 11.6 Å². The van der Waals surface area contributed by atoms with Gasteiger partial charge in [0, 0.05) is 40.6 Å². The highest BCUT2D eigenvalue weighted by atomic mass is 35.5. The van der Waals surface area contributed by atoms with Gasteiger partial charge in [-0.05, 0) is 67.9 Å². The number of pyridine rings is 1. The van der Waals surface area contributed by atoms with Crippen molar-refractivity contribution in [2.75, 3.05) is 25.0 Å². The molecular weight excluding hydrogens is 412 g/mol. The van der Waals surface area contributed by atoms with E-state index in [4.69, 9.17) is 11.6 Å². The van der Waals surface area contributed by atoms with Gasteiger partial charge in [0.2, 0.25) is 5.91 Å². The van der Waals surface area contributed by atoms with Crippen LogP contribution in [0.2, 0.25) is 5.02 Å². The Hall–Kier alpha value is -2.67. The third-order valence-corrected chi connectivity index (χ3v) is 5.86. The van der Waals surface area contributed by atoms with Gasteiger partial charge in [-0.3, -0.25) is 9.78 Å². The third kappa shape index (κ3) is 5.94. The monoisotopic (exact) mass is 440 g/mol. The number of hydrogen-bond acceptors (Lipinski definition) is 4. The fraction of sp³-hybridized carbons (Fsp3) is 0.333. The minimum absolute atomic E-state index is 0. The number of halogens is 1. The number of nitrogens with zero attached hydrogens (tertiary/aromatic N) is 2. The van der Waals surface area contributed by atoms with Crippen LogP contribution in [0.4, 0.5) is 11.4 Å². The molecule has 2 aromatic carbocycles. The zero-order valence-corrected chi connectivity index (χ0v) is 18.5. The summed E-state index contributed by atoms with van der Waals surface area (Å²) in [5, 5.41) is 8.32. The van der Waals surface area contributed by atoms with Crippen LogP contribution in [0, 0.1) is 0 Å². The fourth-order valence-electron chi connectivity index (χ4n) is 4.02. The van der Waals surface area contributed by atoms with Crippen molar-refractivity contribution >= 4 is 39.8 Å². The standard InChI is InChI=1S/C24H27ClN4O.H2O/c1-2-29-13-3-4-20(16-29)28-24(30)14-17-5-8-19(9-6-17)27-22-11-12-26-23-15-18(25)7-10-21(22)23;/h5-12,15,20H,2-4,13-14,16H2,1H3,(H,26,27)(H,28,30);1H2. The Kier molecular flexibility index (Phi) is 7.85. The number of rotatable bonds is 6. The van der Waals surface area contributed by atoms with E-state index in [0.29, 0.717) is 11.4 Å². The van der Waals surface area contributed by atoms with E-state index in [9.17, 15) is 4.79 Å². The number of hydrogen-bond donors (Lipinski definition) is 2. The quantitative estimate of drug-likeness (QED) is 0.607. The lowest BCUT2D eigenvalue weighted by Crippen LogP contribution is -2.47. The van der Waals surface area contributed by atoms with Gasteiger partial charge in [-0.15, -0.1) is 0 Å². The largest absolute Gasteiger partial charge is 0.412 e. The van der Waals surface area contributed by atoms with Crippen molar-refractivity contribution in [2.24, 2.45) is 0 Å². The molecule has 1 saturated heterocycles. The summed E-state index contributed by atoms with van der Waals surface area (Å²) < 4.78 is 0. The van der Waals surface area contributed by atoms with E-state index in [-0.39, 0.29) is 17.4 Å². The Morgan fingerprint density at radius 2 is 2.00 bits per heavy atom. The Morgan fingerprint density at radius 3 is 2.77 bits per heavy atom. The first-order valence-corrected chi connectivity index (χ1v) is 10.9. The van der Waals surface area contributed by atoms with Gasteiger partial charge in [0.15, 0.2) is 0 Å². The van der Waals surface area contributed by atoms with Crippen LogP contribution < -0.4 is 10.6 Å². The summed E-state index contributed by atoms with van der Waals surface area (Å²) in [4.78, 5) is 19.2. The van der Waals surface area contributed by atoms with Crippen molar-refractivity contribution in [2.45, 2.75) is 32.2 Å². The number of benzene rings is 2. The Bertz CT molecular complexity index is 1030. The number of amides is 1. The van der Waals surface area contributed by atoms with Crippen molar-refractivity contribution in [3.63, 3.8) is 0 Å². The van der Waals surface area contributed by atoms with Crippen LogP contribution in [0.3, 0.4) is 0 Å². The summed E-state index contributed by atoms with van der Waals surface area (Å²) in [6.45, 7) is 5.30. The number of carbonyl (C=O) groups excluding carboxylic acids is 1. The summed E-state index contributed by atoms with van der Waals surface area (Å²) in [6, 6.07) is 15.9. The lowest BCUT2D eigenvalue weighted by atomic mass is 10.0. The second kappa shape index (κ2) is 10.6. The van der Waals surface area contributed by atoms with Gasteiger partial charge < -0.3 is 21.0 Å². The van der Waals surface area contributed by atoms with E-state index >= 15 is 0 Å². The molecule has 0 spiro atoms. The van der Waals surface area contributed by atoms with Crippen LogP contribution in [0.5, 0.6) is 0 Å². The fourth-order valence-corrected chi connectivity index (χ4v) is 4.18. The molecular formula is C24H29ClN4O2. The first-order chi connectivity index (χ1) is 14.6. The molecule has 1 amide bonds. The number of likely N-dealkylation sites (N-methyl/N-ethyl adjacent to an activating group) is 1.